The molecule has 0 amide bonds. The Morgan fingerprint density at radius 1 is 1.10 bits per heavy atom. The van der Waals surface area contributed by atoms with Crippen LogP contribution in [0.4, 0.5) is 0 Å². The summed E-state index contributed by atoms with van der Waals surface area (Å²) >= 11 is 13.8. The van der Waals surface area contributed by atoms with Crippen molar-refractivity contribution in [2.45, 2.75) is 31.7 Å². The third kappa shape index (κ3) is 7.28. The third-order valence-electron chi connectivity index (χ3n) is 4.35. The first kappa shape index (κ1) is 23.7. The van der Waals surface area contributed by atoms with Crippen molar-refractivity contribution in [1.29, 1.82) is 0 Å². The van der Waals surface area contributed by atoms with Crippen molar-refractivity contribution in [2.24, 2.45) is 7.05 Å². The largest absolute Gasteiger partial charge is 0.490 e. The van der Waals surface area contributed by atoms with Crippen LogP contribution in [0.15, 0.2) is 41.6 Å². The number of benzene rings is 2. The molecule has 166 valence electrons. The van der Waals surface area contributed by atoms with Crippen molar-refractivity contribution in [3.63, 3.8) is 0 Å². The van der Waals surface area contributed by atoms with Crippen molar-refractivity contribution >= 4 is 35.0 Å². The van der Waals surface area contributed by atoms with Crippen LogP contribution >= 0.6 is 35.0 Å². The maximum atomic E-state index is 6.24. The Morgan fingerprint density at radius 2 is 1.97 bits per heavy atom. The van der Waals surface area contributed by atoms with Gasteiger partial charge in [-0.25, -0.2) is 4.68 Å². The summed E-state index contributed by atoms with van der Waals surface area (Å²) in [4.78, 5) is 0. The van der Waals surface area contributed by atoms with Gasteiger partial charge in [0.25, 0.3) is 0 Å². The number of rotatable bonds is 12. The van der Waals surface area contributed by atoms with E-state index in [2.05, 4.69) is 20.8 Å². The molecule has 0 aliphatic heterocycles. The van der Waals surface area contributed by atoms with Gasteiger partial charge in [0.1, 0.15) is 6.61 Å². The molecule has 0 radical (unpaired) electrons. The second-order valence-corrected chi connectivity index (χ2v) is 8.61. The van der Waals surface area contributed by atoms with Gasteiger partial charge in [-0.1, -0.05) is 47.1 Å². The van der Waals surface area contributed by atoms with E-state index in [1.54, 1.807) is 28.6 Å². The van der Waals surface area contributed by atoms with Gasteiger partial charge in [-0.05, 0) is 60.1 Å². The molecule has 3 rings (SSSR count). The van der Waals surface area contributed by atoms with Crippen LogP contribution in [0.5, 0.6) is 11.5 Å². The number of hydrogen-bond acceptors (Lipinski definition) is 7. The van der Waals surface area contributed by atoms with Gasteiger partial charge in [-0.2, -0.15) is 0 Å². The molecule has 7 nitrogen and oxygen atoms in total. The molecule has 31 heavy (non-hydrogen) atoms. The number of nitrogens with one attached hydrogen (secondary N) is 1. The SMILES string of the molecule is CCOc1cc(CNCCCSc2nnnn2C)ccc1OCc1ccc(Cl)cc1Cl. The van der Waals surface area contributed by atoms with E-state index in [9.17, 15) is 0 Å². The number of ether oxygens (including phenoxy) is 2. The number of hydrogen-bond donors (Lipinski definition) is 1. The van der Waals surface area contributed by atoms with E-state index >= 15 is 0 Å². The van der Waals surface area contributed by atoms with E-state index in [0.717, 1.165) is 47.3 Å². The highest BCUT2D eigenvalue weighted by atomic mass is 35.5. The molecule has 0 aliphatic carbocycles. The van der Waals surface area contributed by atoms with Crippen LogP contribution in [-0.2, 0) is 20.2 Å². The number of tetrazole rings is 1. The average Bonchev–Trinajstić information content (AvgIpc) is 3.16. The predicted molar refractivity (Wildman–Crippen MR) is 124 cm³/mol. The summed E-state index contributed by atoms with van der Waals surface area (Å²) in [6.45, 7) is 4.50. The Hall–Kier alpha value is -2.00. The van der Waals surface area contributed by atoms with Gasteiger partial charge in [0, 0.05) is 35.0 Å². The zero-order valence-electron chi connectivity index (χ0n) is 17.5. The molecule has 3 aromatic rings. The second-order valence-electron chi connectivity index (χ2n) is 6.70. The molecular weight excluding hydrogens is 457 g/mol. The summed E-state index contributed by atoms with van der Waals surface area (Å²) in [7, 11) is 1.84. The first-order valence-corrected chi connectivity index (χ1v) is 11.7. The molecule has 0 fully saturated rings. The van der Waals surface area contributed by atoms with Gasteiger partial charge in [0.05, 0.1) is 6.61 Å². The molecule has 0 aliphatic rings. The molecule has 1 heterocycles. The van der Waals surface area contributed by atoms with E-state index in [1.165, 1.54) is 0 Å². The zero-order valence-corrected chi connectivity index (χ0v) is 19.8. The Balaban J connectivity index is 1.48. The topological polar surface area (TPSA) is 74.1 Å². The van der Waals surface area contributed by atoms with E-state index in [-0.39, 0.29) is 0 Å². The van der Waals surface area contributed by atoms with Crippen LogP contribution < -0.4 is 14.8 Å². The highest BCUT2D eigenvalue weighted by Crippen LogP contribution is 2.30. The van der Waals surface area contributed by atoms with Gasteiger partial charge in [-0.3, -0.25) is 0 Å². The molecule has 0 unspecified atom stereocenters. The number of aryl methyl sites for hydroxylation is 1. The van der Waals surface area contributed by atoms with E-state index < -0.39 is 0 Å². The van der Waals surface area contributed by atoms with E-state index in [4.69, 9.17) is 32.7 Å². The highest BCUT2D eigenvalue weighted by Gasteiger charge is 2.09. The second kappa shape index (κ2) is 12.1. The van der Waals surface area contributed by atoms with Crippen molar-refractivity contribution < 1.29 is 9.47 Å². The Labute approximate surface area is 196 Å². The number of halogens is 2. The van der Waals surface area contributed by atoms with Gasteiger partial charge in [0.15, 0.2) is 11.5 Å². The minimum atomic E-state index is 0.340. The maximum Gasteiger partial charge on any atom is 0.209 e. The molecule has 1 N–H and O–H groups in total. The van der Waals surface area contributed by atoms with Crippen LogP contribution in [0.2, 0.25) is 10.0 Å². The van der Waals surface area contributed by atoms with Crippen molar-refractivity contribution in [3.05, 3.63) is 57.6 Å². The molecular formula is C21H25Cl2N5O2S. The van der Waals surface area contributed by atoms with E-state index in [1.807, 2.05) is 38.2 Å². The first-order chi connectivity index (χ1) is 15.1. The lowest BCUT2D eigenvalue weighted by Crippen LogP contribution is -2.15. The van der Waals surface area contributed by atoms with Gasteiger partial charge in [-0.15, -0.1) is 5.10 Å². The Bertz CT molecular complexity index is 986. The Morgan fingerprint density at radius 3 is 2.71 bits per heavy atom. The predicted octanol–water partition coefficient (Wildman–Crippen LogP) is 4.77. The van der Waals surface area contributed by atoms with Crippen molar-refractivity contribution in [2.75, 3.05) is 18.9 Å². The molecule has 2 aromatic carbocycles. The number of thioether (sulfide) groups is 1. The monoisotopic (exact) mass is 481 g/mol. The summed E-state index contributed by atoms with van der Waals surface area (Å²) in [5.41, 5.74) is 2.00. The zero-order chi connectivity index (χ0) is 22.1. The first-order valence-electron chi connectivity index (χ1n) is 9.95. The molecule has 10 heteroatoms. The number of nitrogens with zero attached hydrogens (tertiary/aromatic N) is 4. The average molecular weight is 482 g/mol. The van der Waals surface area contributed by atoms with Crippen LogP contribution in [0.1, 0.15) is 24.5 Å². The lowest BCUT2D eigenvalue weighted by atomic mass is 10.2. The highest BCUT2D eigenvalue weighted by molar-refractivity contribution is 7.99. The quantitative estimate of drug-likeness (QED) is 0.295. The van der Waals surface area contributed by atoms with Crippen LogP contribution in [0, 0.1) is 0 Å². The van der Waals surface area contributed by atoms with Crippen molar-refractivity contribution in [3.8, 4) is 11.5 Å². The minimum Gasteiger partial charge on any atom is -0.490 e. The maximum absolute atomic E-state index is 6.24. The fraction of sp³-hybridized carbons (Fsp3) is 0.381. The summed E-state index contributed by atoms with van der Waals surface area (Å²) in [6.07, 6.45) is 1.01. The van der Waals surface area contributed by atoms with Crippen LogP contribution in [0.25, 0.3) is 0 Å². The Kier molecular flexibility index (Phi) is 9.27. The molecule has 0 spiro atoms. The molecule has 0 atom stereocenters. The summed E-state index contributed by atoms with van der Waals surface area (Å²) in [5.74, 6) is 2.35. The van der Waals surface area contributed by atoms with Gasteiger partial charge >= 0.3 is 0 Å². The number of aromatic nitrogens is 4. The summed E-state index contributed by atoms with van der Waals surface area (Å²) < 4.78 is 13.4. The van der Waals surface area contributed by atoms with Crippen LogP contribution in [0.3, 0.4) is 0 Å². The van der Waals surface area contributed by atoms with Gasteiger partial charge in [0.2, 0.25) is 5.16 Å². The fourth-order valence-corrected chi connectivity index (χ4v) is 4.03. The third-order valence-corrected chi connectivity index (χ3v) is 6.03. The van der Waals surface area contributed by atoms with Crippen LogP contribution in [-0.4, -0.2) is 39.1 Å². The smallest absolute Gasteiger partial charge is 0.209 e. The van der Waals surface area contributed by atoms with Gasteiger partial charge < -0.3 is 14.8 Å². The summed E-state index contributed by atoms with van der Waals surface area (Å²) in [5, 5.41) is 16.9. The molecule has 0 bridgehead atoms. The minimum absolute atomic E-state index is 0.340. The van der Waals surface area contributed by atoms with E-state index in [0.29, 0.717) is 29.0 Å². The lowest BCUT2D eigenvalue weighted by Gasteiger charge is -2.14. The summed E-state index contributed by atoms with van der Waals surface area (Å²) in [6, 6.07) is 11.4. The molecule has 0 saturated heterocycles. The normalized spacial score (nSPS) is 11.0. The lowest BCUT2D eigenvalue weighted by molar-refractivity contribution is 0.269. The molecule has 1 aromatic heterocycles. The fourth-order valence-electron chi connectivity index (χ4n) is 2.78. The molecule has 0 saturated carbocycles. The van der Waals surface area contributed by atoms with Crippen molar-refractivity contribution in [1.82, 2.24) is 25.5 Å². The standard InChI is InChI=1S/C21H25Cl2N5O2S/c1-3-29-20-11-15(13-24-9-4-10-31-21-25-26-27-28(21)2)5-8-19(20)30-14-16-6-7-17(22)12-18(16)23/h5-8,11-12,24H,3-4,9-10,13-14H2,1-2H3.